The summed E-state index contributed by atoms with van der Waals surface area (Å²) >= 11 is 0. The van der Waals surface area contributed by atoms with Gasteiger partial charge in [-0.1, -0.05) is 50.2 Å². The van der Waals surface area contributed by atoms with E-state index in [1.807, 2.05) is 19.9 Å². The average Bonchev–Trinajstić information content (AvgIpc) is 2.95. The van der Waals surface area contributed by atoms with Gasteiger partial charge in [-0.2, -0.15) is 26.3 Å². The highest BCUT2D eigenvalue weighted by molar-refractivity contribution is 5.84. The van der Waals surface area contributed by atoms with Gasteiger partial charge in [-0.15, -0.1) is 0 Å². The number of likely N-dealkylation sites (tertiary alicyclic amines) is 1. The summed E-state index contributed by atoms with van der Waals surface area (Å²) in [6.07, 6.45) is -7.64. The van der Waals surface area contributed by atoms with E-state index in [2.05, 4.69) is 0 Å². The monoisotopic (exact) mass is 605 g/mol. The summed E-state index contributed by atoms with van der Waals surface area (Å²) < 4.78 is 88.3. The molecule has 0 bridgehead atoms. The topological polar surface area (TPSA) is 29.5 Å². The van der Waals surface area contributed by atoms with Gasteiger partial charge in [0.2, 0.25) is 0 Å². The molecule has 0 spiro atoms. The van der Waals surface area contributed by atoms with Crippen LogP contribution >= 0.6 is 0 Å². The molecule has 3 unspecified atom stereocenters. The highest BCUT2D eigenvalue weighted by Gasteiger charge is 2.47. The van der Waals surface area contributed by atoms with Crippen molar-refractivity contribution in [3.63, 3.8) is 0 Å². The van der Waals surface area contributed by atoms with Gasteiger partial charge in [0.25, 0.3) is 0 Å². The number of carbonyl (C=O) groups excluding carboxylic acids is 1. The molecule has 0 amide bonds. The zero-order chi connectivity index (χ0) is 31.5. The van der Waals surface area contributed by atoms with Crippen molar-refractivity contribution in [1.29, 1.82) is 0 Å². The van der Waals surface area contributed by atoms with Crippen LogP contribution in [0.25, 0.3) is 11.1 Å². The Bertz CT molecular complexity index is 1380. The number of benzene rings is 3. The Kier molecular flexibility index (Phi) is 9.94. The first-order valence-corrected chi connectivity index (χ1v) is 14.5. The maximum atomic E-state index is 14.4. The highest BCUT2D eigenvalue weighted by atomic mass is 19.4. The lowest BCUT2D eigenvalue weighted by Gasteiger charge is -2.43. The fraction of sp³-hybridized carbons (Fsp3) is 0.441. The Labute approximate surface area is 248 Å². The minimum absolute atomic E-state index is 0.0367. The summed E-state index contributed by atoms with van der Waals surface area (Å²) in [6.45, 7) is 5.51. The van der Waals surface area contributed by atoms with Crippen LogP contribution < -0.4 is 4.74 Å². The Hall–Kier alpha value is -3.33. The number of alkyl halides is 6. The van der Waals surface area contributed by atoms with Gasteiger partial charge in [-0.05, 0) is 96.7 Å². The van der Waals surface area contributed by atoms with E-state index >= 15 is 0 Å². The van der Waals surface area contributed by atoms with Gasteiger partial charge < -0.3 is 4.74 Å². The van der Waals surface area contributed by atoms with Gasteiger partial charge >= 0.3 is 12.4 Å². The third-order valence-electron chi connectivity index (χ3n) is 8.17. The molecule has 1 aliphatic heterocycles. The first-order chi connectivity index (χ1) is 20.2. The standard InChI is InChI=1S/C34H37F6NO2/c1-21(2)16-30(22(3)42)26-17-25(24-10-12-28(13-11-24)33(35,36)37)18-27(19-26)31-6-5-7-32(34(38,39)40)41(31)20-23-8-14-29(43-4)15-9-23/h8-15,17-19,21,30-32H,5-7,16,20H2,1-4H3. The number of hydrogen-bond acceptors (Lipinski definition) is 3. The zero-order valence-corrected chi connectivity index (χ0v) is 24.7. The molecule has 232 valence electrons. The van der Waals surface area contributed by atoms with Crippen molar-refractivity contribution in [2.45, 2.75) is 83.4 Å². The van der Waals surface area contributed by atoms with Gasteiger partial charge in [-0.3, -0.25) is 9.69 Å². The van der Waals surface area contributed by atoms with Crippen LogP contribution in [0.15, 0.2) is 66.7 Å². The average molecular weight is 606 g/mol. The molecule has 3 nitrogen and oxygen atoms in total. The van der Waals surface area contributed by atoms with Crippen molar-refractivity contribution in [3.05, 3.63) is 89.0 Å². The summed E-state index contributed by atoms with van der Waals surface area (Å²) in [5, 5.41) is 0. The molecule has 0 saturated carbocycles. The summed E-state index contributed by atoms with van der Waals surface area (Å²) in [6, 6.07) is 14.7. The van der Waals surface area contributed by atoms with Crippen LogP contribution in [0.1, 0.15) is 80.7 Å². The third kappa shape index (κ3) is 7.99. The van der Waals surface area contributed by atoms with Crippen molar-refractivity contribution in [2.75, 3.05) is 7.11 Å². The number of ketones is 1. The van der Waals surface area contributed by atoms with E-state index < -0.39 is 35.9 Å². The summed E-state index contributed by atoms with van der Waals surface area (Å²) in [5.41, 5.74) is 2.24. The van der Waals surface area contributed by atoms with E-state index in [-0.39, 0.29) is 24.7 Å². The normalized spacial score (nSPS) is 19.0. The second-order valence-corrected chi connectivity index (χ2v) is 11.8. The quantitative estimate of drug-likeness (QED) is 0.228. The lowest BCUT2D eigenvalue weighted by Crippen LogP contribution is -2.49. The molecule has 0 aromatic heterocycles. The lowest BCUT2D eigenvalue weighted by atomic mass is 9.82. The fourth-order valence-electron chi connectivity index (χ4n) is 6.02. The molecule has 1 aliphatic rings. The number of Topliss-reactive ketones (excluding diaryl/α,β-unsaturated/α-hetero) is 1. The molecule has 9 heteroatoms. The van der Waals surface area contributed by atoms with Crippen LogP contribution in [-0.4, -0.2) is 30.0 Å². The first kappa shape index (κ1) is 32.6. The van der Waals surface area contributed by atoms with E-state index in [1.165, 1.54) is 31.1 Å². The van der Waals surface area contributed by atoms with E-state index in [0.717, 1.165) is 12.1 Å². The molecule has 3 atom stereocenters. The van der Waals surface area contributed by atoms with E-state index in [1.54, 1.807) is 36.4 Å². The predicted molar refractivity (Wildman–Crippen MR) is 155 cm³/mol. The van der Waals surface area contributed by atoms with Crippen LogP contribution in [0.2, 0.25) is 0 Å². The van der Waals surface area contributed by atoms with Crippen LogP contribution in [0, 0.1) is 5.92 Å². The zero-order valence-electron chi connectivity index (χ0n) is 24.7. The number of ether oxygens (including phenoxy) is 1. The molecule has 0 radical (unpaired) electrons. The number of methoxy groups -OCH3 is 1. The van der Waals surface area contributed by atoms with E-state index in [0.29, 0.717) is 52.8 Å². The summed E-state index contributed by atoms with van der Waals surface area (Å²) in [4.78, 5) is 14.3. The van der Waals surface area contributed by atoms with Crippen molar-refractivity contribution in [2.24, 2.45) is 5.92 Å². The Balaban J connectivity index is 1.85. The number of nitrogens with zero attached hydrogens (tertiary/aromatic N) is 1. The molecular formula is C34H37F6NO2. The molecule has 43 heavy (non-hydrogen) atoms. The second kappa shape index (κ2) is 13.1. The largest absolute Gasteiger partial charge is 0.497 e. The Morgan fingerprint density at radius 1 is 0.907 bits per heavy atom. The number of piperidine rings is 1. The van der Waals surface area contributed by atoms with Crippen molar-refractivity contribution < 1.29 is 35.9 Å². The summed E-state index contributed by atoms with van der Waals surface area (Å²) in [7, 11) is 1.52. The number of rotatable bonds is 9. The molecule has 3 aromatic carbocycles. The molecule has 0 aliphatic carbocycles. The Morgan fingerprint density at radius 3 is 2.09 bits per heavy atom. The minimum Gasteiger partial charge on any atom is -0.497 e. The lowest BCUT2D eigenvalue weighted by molar-refractivity contribution is -0.201. The number of halogens is 6. The van der Waals surface area contributed by atoms with Crippen molar-refractivity contribution in [1.82, 2.24) is 4.90 Å². The van der Waals surface area contributed by atoms with Crippen LogP contribution in [0.5, 0.6) is 5.75 Å². The van der Waals surface area contributed by atoms with Crippen LogP contribution in [0.4, 0.5) is 26.3 Å². The highest BCUT2D eigenvalue weighted by Crippen LogP contribution is 2.44. The Morgan fingerprint density at radius 2 is 1.56 bits per heavy atom. The van der Waals surface area contributed by atoms with Crippen molar-refractivity contribution >= 4 is 5.78 Å². The first-order valence-electron chi connectivity index (χ1n) is 14.5. The molecular weight excluding hydrogens is 568 g/mol. The predicted octanol–water partition coefficient (Wildman–Crippen LogP) is 9.76. The van der Waals surface area contributed by atoms with Crippen LogP contribution in [-0.2, 0) is 17.5 Å². The third-order valence-corrected chi connectivity index (χ3v) is 8.17. The van der Waals surface area contributed by atoms with E-state index in [9.17, 15) is 31.1 Å². The van der Waals surface area contributed by atoms with Gasteiger partial charge in [0.05, 0.1) is 12.7 Å². The molecule has 0 N–H and O–H groups in total. The second-order valence-electron chi connectivity index (χ2n) is 11.8. The maximum absolute atomic E-state index is 14.4. The molecule has 1 saturated heterocycles. The van der Waals surface area contributed by atoms with E-state index in [4.69, 9.17) is 4.74 Å². The number of hydrogen-bond donors (Lipinski definition) is 0. The van der Waals surface area contributed by atoms with Gasteiger partial charge in [-0.25, -0.2) is 0 Å². The molecule has 4 rings (SSSR count). The van der Waals surface area contributed by atoms with Gasteiger partial charge in [0.15, 0.2) is 0 Å². The van der Waals surface area contributed by atoms with Gasteiger partial charge in [0, 0.05) is 18.5 Å². The van der Waals surface area contributed by atoms with Crippen LogP contribution in [0.3, 0.4) is 0 Å². The minimum atomic E-state index is -4.50. The SMILES string of the molecule is COc1ccc(CN2C(c3cc(-c4ccc(C(F)(F)F)cc4)cc(C(CC(C)C)C(C)=O)c3)CCCC2C(F)(F)F)cc1. The fourth-order valence-corrected chi connectivity index (χ4v) is 6.02. The smallest absolute Gasteiger partial charge is 0.416 e. The van der Waals surface area contributed by atoms with Crippen molar-refractivity contribution in [3.8, 4) is 16.9 Å². The van der Waals surface area contributed by atoms with Gasteiger partial charge in [0.1, 0.15) is 17.6 Å². The summed E-state index contributed by atoms with van der Waals surface area (Å²) in [5.74, 6) is 0.199. The number of carbonyl (C=O) groups is 1. The molecule has 1 fully saturated rings. The maximum Gasteiger partial charge on any atom is 0.416 e. The molecule has 3 aromatic rings. The molecule has 1 heterocycles.